The third-order valence-electron chi connectivity index (χ3n) is 11.0. The second-order valence-corrected chi connectivity index (χ2v) is 19.7. The van der Waals surface area contributed by atoms with Gasteiger partial charge in [0.05, 0.1) is 81.8 Å². The van der Waals surface area contributed by atoms with Crippen molar-refractivity contribution in [2.45, 2.75) is 84.3 Å². The van der Waals surface area contributed by atoms with Crippen molar-refractivity contribution in [2.75, 3.05) is 24.7 Å². The van der Waals surface area contributed by atoms with Gasteiger partial charge in [0.15, 0.2) is 19.7 Å². The summed E-state index contributed by atoms with van der Waals surface area (Å²) >= 11 is 0. The smallest absolute Gasteiger partial charge is 0.338 e. The van der Waals surface area contributed by atoms with Gasteiger partial charge in [0.1, 0.15) is 12.7 Å². The van der Waals surface area contributed by atoms with Crippen LogP contribution in [0.5, 0.6) is 0 Å². The van der Waals surface area contributed by atoms with Crippen molar-refractivity contribution in [2.24, 2.45) is 11.8 Å². The molecular weight excluding hydrogens is 865 g/mol. The van der Waals surface area contributed by atoms with Gasteiger partial charge in [-0.15, -0.1) is 13.2 Å². The predicted molar refractivity (Wildman–Crippen MR) is 238 cm³/mol. The molecule has 0 bridgehead atoms. The van der Waals surface area contributed by atoms with Crippen molar-refractivity contribution in [3.63, 3.8) is 0 Å². The Morgan fingerprint density at radius 2 is 1.00 bits per heavy atom. The first-order chi connectivity index (χ1) is 30.7. The molecule has 6 rings (SSSR count). The van der Waals surface area contributed by atoms with Gasteiger partial charge in [0.2, 0.25) is 0 Å². The molecule has 14 nitrogen and oxygen atoms in total. The highest BCUT2D eigenvalue weighted by atomic mass is 32.2. The summed E-state index contributed by atoms with van der Waals surface area (Å²) in [6.45, 7) is 6.66. The predicted octanol–water partition coefficient (Wildman–Crippen LogP) is 4.78. The van der Waals surface area contributed by atoms with Crippen LogP contribution < -0.4 is 0 Å². The minimum Gasteiger partial charge on any atom is -0.458 e. The van der Waals surface area contributed by atoms with E-state index in [4.69, 9.17) is 24.1 Å². The van der Waals surface area contributed by atoms with Gasteiger partial charge < -0.3 is 39.4 Å². The molecule has 0 amide bonds. The molecule has 0 unspecified atom stereocenters. The van der Waals surface area contributed by atoms with E-state index in [2.05, 4.69) is 13.2 Å². The number of aliphatic hydroxyl groups excluding tert-OH is 4. The number of carbonyl (C=O) groups is 2. The lowest BCUT2D eigenvalue weighted by Crippen LogP contribution is -2.36. The summed E-state index contributed by atoms with van der Waals surface area (Å²) < 4.78 is 74.3. The Balaban J connectivity index is 0.000000274. The lowest BCUT2D eigenvalue weighted by molar-refractivity contribution is -0.0449. The molecule has 2 aliphatic rings. The molecule has 2 saturated heterocycles. The monoisotopic (exact) mass is 920 g/mol. The third-order valence-corrected chi connectivity index (χ3v) is 14.7. The van der Waals surface area contributed by atoms with E-state index in [1.807, 2.05) is 0 Å². The average molecular weight is 921 g/mol. The highest BCUT2D eigenvalue weighted by molar-refractivity contribution is 7.91. The molecule has 0 spiro atoms. The summed E-state index contributed by atoms with van der Waals surface area (Å²) in [7, 11) is -7.29. The van der Waals surface area contributed by atoms with Gasteiger partial charge in [-0.05, 0) is 61.4 Å². The first kappa shape index (κ1) is 50.0. The van der Waals surface area contributed by atoms with Crippen molar-refractivity contribution in [1.29, 1.82) is 0 Å². The maximum absolute atomic E-state index is 13.1. The molecule has 4 aromatic rings. The maximum Gasteiger partial charge on any atom is 0.338 e. The van der Waals surface area contributed by atoms with Crippen LogP contribution in [-0.4, -0.2) is 123 Å². The molecule has 0 saturated carbocycles. The Kier molecular flexibility index (Phi) is 18.6. The van der Waals surface area contributed by atoms with Gasteiger partial charge in [-0.25, -0.2) is 26.4 Å². The number of aliphatic hydroxyl groups is 4. The van der Waals surface area contributed by atoms with E-state index in [-0.39, 0.29) is 40.7 Å². The molecule has 0 aliphatic carbocycles. The van der Waals surface area contributed by atoms with Gasteiger partial charge in [-0.2, -0.15) is 0 Å². The zero-order chi connectivity index (χ0) is 46.3. The van der Waals surface area contributed by atoms with Crippen LogP contribution in [0.15, 0.2) is 156 Å². The summed E-state index contributed by atoms with van der Waals surface area (Å²) in [6.07, 6.45) is -2.91. The molecule has 4 aromatic carbocycles. The Hall–Kier alpha value is -5.04. The highest BCUT2D eigenvalue weighted by Gasteiger charge is 2.47. The Labute approximate surface area is 374 Å². The van der Waals surface area contributed by atoms with Gasteiger partial charge in [-0.3, -0.25) is 0 Å². The first-order valence-electron chi connectivity index (χ1n) is 20.9. The zero-order valence-electron chi connectivity index (χ0n) is 35.2. The van der Waals surface area contributed by atoms with E-state index < -0.39 is 98.9 Å². The quantitative estimate of drug-likeness (QED) is 0.0693. The second-order valence-electron chi connectivity index (χ2n) is 15.6. The van der Waals surface area contributed by atoms with Crippen molar-refractivity contribution < 1.29 is 65.8 Å². The average Bonchev–Trinajstić information content (AvgIpc) is 3.74. The van der Waals surface area contributed by atoms with Crippen LogP contribution in [0.1, 0.15) is 46.4 Å². The molecule has 4 N–H and O–H groups in total. The lowest BCUT2D eigenvalue weighted by Gasteiger charge is -2.23. The molecule has 2 aliphatic heterocycles. The largest absolute Gasteiger partial charge is 0.458 e. The lowest BCUT2D eigenvalue weighted by atomic mass is 9.94. The number of ether oxygens (including phenoxy) is 4. The van der Waals surface area contributed by atoms with E-state index in [0.717, 1.165) is 0 Å². The van der Waals surface area contributed by atoms with Crippen molar-refractivity contribution in [3.8, 4) is 0 Å². The van der Waals surface area contributed by atoms with Crippen LogP contribution in [0.4, 0.5) is 0 Å². The Bertz CT molecular complexity index is 2310. The number of rotatable bonds is 20. The number of esters is 2. The van der Waals surface area contributed by atoms with E-state index in [1.54, 1.807) is 109 Å². The number of hydrogen-bond acceptors (Lipinski definition) is 14. The molecule has 0 aromatic heterocycles. The summed E-state index contributed by atoms with van der Waals surface area (Å²) in [6, 6.07) is 32.9. The van der Waals surface area contributed by atoms with Crippen LogP contribution in [0.3, 0.4) is 0 Å². The van der Waals surface area contributed by atoms with E-state index >= 15 is 0 Å². The molecule has 64 heavy (non-hydrogen) atoms. The van der Waals surface area contributed by atoms with Gasteiger partial charge in [-0.1, -0.05) is 84.9 Å². The molecule has 344 valence electrons. The van der Waals surface area contributed by atoms with Crippen molar-refractivity contribution >= 4 is 31.6 Å². The summed E-state index contributed by atoms with van der Waals surface area (Å²) in [4.78, 5) is 25.8. The molecular formula is C48H56O14S2. The fourth-order valence-corrected chi connectivity index (χ4v) is 11.1. The minimum absolute atomic E-state index is 0.0165. The number of sulfone groups is 2. The third kappa shape index (κ3) is 13.7. The molecule has 2 fully saturated rings. The first-order valence-corrected chi connectivity index (χ1v) is 24.2. The highest BCUT2D eigenvalue weighted by Crippen LogP contribution is 2.36. The standard InChI is InChI=1S/C31H32O8S.C17H24O6S/c1-2-12-27-26(21-40(35,36)25-17-10-5-11-18-25)29(32)28(39-27)19-24(38-31(34)23-15-8-4-9-16-23)20-37-30(33)22-13-6-3-7-14-22;1-2-6-15-14(17(20)16(23-15)9-12(19)10-18)11-24(21,22)13-7-4-3-5-8-13/h2-11,13-18,24,26-29,32H,1,12,19-21H2;2-5,7-8,12,14-20H,1,6,9-11H2/t24-,26-,27-,28+,29+;12-,14-,15-,16+,17+/m00/s1. The van der Waals surface area contributed by atoms with E-state index in [0.29, 0.717) is 24.0 Å². The summed E-state index contributed by atoms with van der Waals surface area (Å²) in [5.41, 5.74) is 0.649. The van der Waals surface area contributed by atoms with Gasteiger partial charge in [0, 0.05) is 24.7 Å². The molecule has 10 atom stereocenters. The number of carbonyl (C=O) groups excluding carboxylic acids is 2. The molecule has 0 radical (unpaired) electrons. The normalized spacial score (nSPS) is 24.1. The van der Waals surface area contributed by atoms with E-state index in [9.17, 15) is 41.7 Å². The maximum atomic E-state index is 13.1. The van der Waals surface area contributed by atoms with Crippen LogP contribution in [0, 0.1) is 11.8 Å². The Morgan fingerprint density at radius 3 is 1.41 bits per heavy atom. The van der Waals surface area contributed by atoms with Crippen molar-refractivity contribution in [1.82, 2.24) is 0 Å². The topological polar surface area (TPSA) is 220 Å². The molecule has 16 heteroatoms. The molecule has 2 heterocycles. The summed E-state index contributed by atoms with van der Waals surface area (Å²) in [5, 5.41) is 40.2. The van der Waals surface area contributed by atoms with Crippen LogP contribution >= 0.6 is 0 Å². The van der Waals surface area contributed by atoms with Crippen LogP contribution in [0.25, 0.3) is 0 Å². The zero-order valence-corrected chi connectivity index (χ0v) is 36.9. The van der Waals surface area contributed by atoms with Crippen LogP contribution in [-0.2, 0) is 38.6 Å². The number of benzene rings is 4. The fraction of sp³-hybridized carbons (Fsp3) is 0.375. The van der Waals surface area contributed by atoms with Crippen molar-refractivity contribution in [3.05, 3.63) is 158 Å². The fourth-order valence-electron chi connectivity index (χ4n) is 7.72. The van der Waals surface area contributed by atoms with Crippen LogP contribution in [0.2, 0.25) is 0 Å². The van der Waals surface area contributed by atoms with E-state index in [1.165, 1.54) is 24.3 Å². The van der Waals surface area contributed by atoms with Gasteiger partial charge >= 0.3 is 11.9 Å². The Morgan fingerprint density at radius 1 is 0.609 bits per heavy atom. The summed E-state index contributed by atoms with van der Waals surface area (Å²) in [5.74, 6) is -3.16. The second kappa shape index (κ2) is 23.8. The minimum atomic E-state index is -3.72. The van der Waals surface area contributed by atoms with Gasteiger partial charge in [0.25, 0.3) is 0 Å². The SMILES string of the molecule is C=CC[C@@H]1O[C@H](C[C@@H](COC(=O)c2ccccc2)OC(=O)c2ccccc2)[C@H](O)[C@H]1CS(=O)(=O)c1ccccc1.C=CC[C@@H]1O[C@H](C[C@H](O)CO)[C@H](O)[C@H]1CS(=O)(=O)c1ccccc1. The number of hydrogen-bond donors (Lipinski definition) is 4.